The van der Waals surface area contributed by atoms with Gasteiger partial charge in [0.05, 0.1) is 23.3 Å². The number of nitrogens with one attached hydrogen (secondary N) is 1. The van der Waals surface area contributed by atoms with Gasteiger partial charge in [-0.15, -0.1) is 10.2 Å². The van der Waals surface area contributed by atoms with Crippen LogP contribution >= 0.6 is 11.8 Å². The number of hydrogen-bond acceptors (Lipinski definition) is 7. The maximum atomic E-state index is 12.4. The van der Waals surface area contributed by atoms with Gasteiger partial charge in [0, 0.05) is 23.4 Å². The molecule has 0 fully saturated rings. The van der Waals surface area contributed by atoms with Crippen LogP contribution in [0.5, 0.6) is 5.75 Å². The van der Waals surface area contributed by atoms with Gasteiger partial charge in [0.1, 0.15) is 5.75 Å². The average Bonchev–Trinajstić information content (AvgIpc) is 3.14. The molecule has 2 aromatic carbocycles. The molecule has 160 valence electrons. The van der Waals surface area contributed by atoms with Gasteiger partial charge in [0.2, 0.25) is 5.91 Å². The summed E-state index contributed by atoms with van der Waals surface area (Å²) in [5.41, 5.74) is 3.19. The van der Waals surface area contributed by atoms with E-state index in [2.05, 4.69) is 15.5 Å². The largest absolute Gasteiger partial charge is 0.497 e. The molecular weight excluding hydrogens is 436 g/mol. The molecular formula is C21H20N4O4S2. The van der Waals surface area contributed by atoms with Gasteiger partial charge in [-0.2, -0.15) is 0 Å². The molecule has 0 unspecified atom stereocenters. The van der Waals surface area contributed by atoms with Gasteiger partial charge in [-0.05, 0) is 55.0 Å². The van der Waals surface area contributed by atoms with Gasteiger partial charge in [-0.3, -0.25) is 9.20 Å². The highest BCUT2D eigenvalue weighted by Gasteiger charge is 2.14. The summed E-state index contributed by atoms with van der Waals surface area (Å²) in [7, 11) is -1.66. The number of aryl methyl sites for hydroxylation is 1. The first-order valence-electron chi connectivity index (χ1n) is 9.31. The van der Waals surface area contributed by atoms with Crippen molar-refractivity contribution in [2.24, 2.45) is 0 Å². The Hall–Kier alpha value is -3.11. The van der Waals surface area contributed by atoms with Crippen molar-refractivity contribution in [1.82, 2.24) is 14.6 Å². The Morgan fingerprint density at radius 2 is 1.87 bits per heavy atom. The number of rotatable bonds is 6. The van der Waals surface area contributed by atoms with E-state index < -0.39 is 9.84 Å². The molecule has 0 aliphatic rings. The monoisotopic (exact) mass is 456 g/mol. The zero-order valence-corrected chi connectivity index (χ0v) is 18.8. The third-order valence-electron chi connectivity index (χ3n) is 4.77. The van der Waals surface area contributed by atoms with Crippen molar-refractivity contribution in [2.45, 2.75) is 17.0 Å². The molecule has 0 atom stereocenters. The van der Waals surface area contributed by atoms with Gasteiger partial charge in [-0.1, -0.05) is 11.8 Å². The first-order valence-corrected chi connectivity index (χ1v) is 12.2. The van der Waals surface area contributed by atoms with Crippen molar-refractivity contribution in [2.75, 3.05) is 24.4 Å². The van der Waals surface area contributed by atoms with Gasteiger partial charge in [-0.25, -0.2) is 8.42 Å². The number of ether oxygens (including phenoxy) is 1. The summed E-state index contributed by atoms with van der Waals surface area (Å²) in [4.78, 5) is 12.6. The van der Waals surface area contributed by atoms with Crippen LogP contribution in [-0.4, -0.2) is 48.0 Å². The van der Waals surface area contributed by atoms with E-state index in [1.165, 1.54) is 23.9 Å². The number of aromatic nitrogens is 3. The number of pyridine rings is 1. The normalized spacial score (nSPS) is 11.7. The molecule has 2 aromatic heterocycles. The number of thioether (sulfide) groups is 1. The number of methoxy groups -OCH3 is 1. The van der Waals surface area contributed by atoms with Crippen LogP contribution < -0.4 is 10.1 Å². The molecule has 1 amide bonds. The second-order valence-corrected chi connectivity index (χ2v) is 9.98. The predicted molar refractivity (Wildman–Crippen MR) is 121 cm³/mol. The average molecular weight is 457 g/mol. The number of fused-ring (bicyclic) bond motifs is 3. The van der Waals surface area contributed by atoms with Crippen LogP contribution in [0.2, 0.25) is 0 Å². The van der Waals surface area contributed by atoms with Gasteiger partial charge in [0.15, 0.2) is 20.6 Å². The maximum absolute atomic E-state index is 12.4. The second-order valence-electron chi connectivity index (χ2n) is 7.02. The van der Waals surface area contributed by atoms with Crippen LogP contribution in [0.3, 0.4) is 0 Å². The van der Waals surface area contributed by atoms with Crippen molar-refractivity contribution in [3.63, 3.8) is 0 Å². The van der Waals surface area contributed by atoms with Crippen molar-refractivity contribution in [3.8, 4) is 5.75 Å². The summed E-state index contributed by atoms with van der Waals surface area (Å²) in [5, 5.41) is 12.9. The Bertz CT molecular complexity index is 1400. The molecule has 2 heterocycles. The highest BCUT2D eigenvalue weighted by molar-refractivity contribution is 7.99. The molecule has 4 rings (SSSR count). The number of amides is 1. The number of hydrogen-bond donors (Lipinski definition) is 1. The van der Waals surface area contributed by atoms with Crippen molar-refractivity contribution in [1.29, 1.82) is 0 Å². The van der Waals surface area contributed by atoms with Crippen LogP contribution in [0.1, 0.15) is 5.56 Å². The Labute approximate surface area is 183 Å². The lowest BCUT2D eigenvalue weighted by molar-refractivity contribution is -0.113. The molecule has 1 N–H and O–H groups in total. The summed E-state index contributed by atoms with van der Waals surface area (Å²) in [5.74, 6) is 0.607. The van der Waals surface area contributed by atoms with Crippen molar-refractivity contribution < 1.29 is 17.9 Å². The molecule has 8 nitrogen and oxygen atoms in total. The third kappa shape index (κ3) is 4.35. The molecule has 0 radical (unpaired) electrons. The van der Waals surface area contributed by atoms with E-state index in [1.807, 2.05) is 35.6 Å². The van der Waals surface area contributed by atoms with E-state index in [0.717, 1.165) is 28.5 Å². The third-order valence-corrected chi connectivity index (χ3v) is 6.83. The van der Waals surface area contributed by atoms with E-state index >= 15 is 0 Å². The smallest absolute Gasteiger partial charge is 0.234 e. The zero-order chi connectivity index (χ0) is 22.2. The minimum Gasteiger partial charge on any atom is -0.497 e. The molecule has 0 spiro atoms. The summed E-state index contributed by atoms with van der Waals surface area (Å²) in [6.07, 6.45) is 1.14. The molecule has 0 bridgehead atoms. The molecule has 31 heavy (non-hydrogen) atoms. The fourth-order valence-corrected chi connectivity index (χ4v) is 4.62. The predicted octanol–water partition coefficient (Wildman–Crippen LogP) is 3.33. The fraction of sp³-hybridized carbons (Fsp3) is 0.190. The molecule has 0 aliphatic carbocycles. The standard InChI is InChI=1S/C21H20N4O4S2/c1-13-10-19-23-24-21(25(19)18-11-15(29-2)6-9-17(13)18)30-12-20(26)22-14-4-7-16(8-5-14)31(3,27)28/h4-11H,12H2,1-3H3,(H,22,26). The van der Waals surface area contributed by atoms with Gasteiger partial charge in [0.25, 0.3) is 0 Å². The van der Waals surface area contributed by atoms with E-state index in [1.54, 1.807) is 19.2 Å². The molecule has 4 aromatic rings. The Morgan fingerprint density at radius 1 is 1.13 bits per heavy atom. The van der Waals surface area contributed by atoms with Crippen LogP contribution in [0, 0.1) is 6.92 Å². The van der Waals surface area contributed by atoms with Gasteiger partial charge < -0.3 is 10.1 Å². The minimum absolute atomic E-state index is 0.119. The van der Waals surface area contributed by atoms with Crippen LogP contribution in [-0.2, 0) is 14.6 Å². The topological polar surface area (TPSA) is 103 Å². The fourth-order valence-electron chi connectivity index (χ4n) is 3.24. The lowest BCUT2D eigenvalue weighted by atomic mass is 10.1. The Morgan fingerprint density at radius 3 is 2.55 bits per heavy atom. The molecule has 0 saturated heterocycles. The number of benzene rings is 2. The first kappa shape index (κ1) is 21.1. The van der Waals surface area contributed by atoms with E-state index in [0.29, 0.717) is 16.5 Å². The summed E-state index contributed by atoms with van der Waals surface area (Å²) < 4.78 is 30.4. The minimum atomic E-state index is -3.28. The van der Waals surface area contributed by atoms with E-state index in [4.69, 9.17) is 4.74 Å². The zero-order valence-electron chi connectivity index (χ0n) is 17.1. The number of anilines is 1. The summed E-state index contributed by atoms with van der Waals surface area (Å²) >= 11 is 1.27. The molecule has 10 heteroatoms. The number of sulfone groups is 1. The van der Waals surface area contributed by atoms with Crippen LogP contribution in [0.15, 0.2) is 58.6 Å². The number of nitrogens with zero attached hydrogens (tertiary/aromatic N) is 3. The maximum Gasteiger partial charge on any atom is 0.234 e. The van der Waals surface area contributed by atoms with E-state index in [9.17, 15) is 13.2 Å². The SMILES string of the molecule is COc1ccc2c(C)cc3nnc(SCC(=O)Nc4ccc(S(C)(=O)=O)cc4)n3c2c1. The van der Waals surface area contributed by atoms with Gasteiger partial charge >= 0.3 is 0 Å². The highest BCUT2D eigenvalue weighted by atomic mass is 32.2. The molecule has 0 saturated carbocycles. The van der Waals surface area contributed by atoms with Crippen LogP contribution in [0.25, 0.3) is 16.6 Å². The quantitative estimate of drug-likeness (QED) is 0.444. The Balaban J connectivity index is 1.55. The number of carbonyl (C=O) groups is 1. The summed E-state index contributed by atoms with van der Waals surface area (Å²) in [6, 6.07) is 13.8. The van der Waals surface area contributed by atoms with Crippen molar-refractivity contribution in [3.05, 3.63) is 54.1 Å². The Kier molecular flexibility index (Phi) is 5.59. The summed E-state index contributed by atoms with van der Waals surface area (Å²) in [6.45, 7) is 2.01. The lowest BCUT2D eigenvalue weighted by Gasteiger charge is -2.09. The number of carbonyl (C=O) groups excluding carboxylic acids is 1. The van der Waals surface area contributed by atoms with Crippen molar-refractivity contribution >= 4 is 49.7 Å². The second kappa shape index (κ2) is 8.20. The lowest BCUT2D eigenvalue weighted by Crippen LogP contribution is -2.14. The highest BCUT2D eigenvalue weighted by Crippen LogP contribution is 2.28. The first-order chi connectivity index (χ1) is 14.8. The van der Waals surface area contributed by atoms with Crippen LogP contribution in [0.4, 0.5) is 5.69 Å². The molecule has 0 aliphatic heterocycles. The van der Waals surface area contributed by atoms with E-state index in [-0.39, 0.29) is 16.6 Å².